The summed E-state index contributed by atoms with van der Waals surface area (Å²) in [4.78, 5) is 3.95. The van der Waals surface area contributed by atoms with Gasteiger partial charge in [-0.05, 0) is 23.8 Å². The van der Waals surface area contributed by atoms with E-state index < -0.39 is 0 Å². The Balaban J connectivity index is 2.35. The molecule has 0 spiro atoms. The molecule has 1 aromatic heterocycles. The molecule has 94 valence electrons. The predicted molar refractivity (Wildman–Crippen MR) is 65.2 cm³/mol. The number of hydrogen-bond acceptors (Lipinski definition) is 3. The Morgan fingerprint density at radius 3 is 3.06 bits per heavy atom. The van der Waals surface area contributed by atoms with Crippen molar-refractivity contribution in [3.8, 4) is 0 Å². The van der Waals surface area contributed by atoms with E-state index in [1.54, 1.807) is 10.8 Å². The third-order valence-electron chi connectivity index (χ3n) is 2.40. The average Bonchev–Trinajstić information content (AvgIpc) is 2.81. The number of imidazole rings is 1. The monoisotopic (exact) mass is 268 g/mol. The van der Waals surface area contributed by atoms with Crippen LogP contribution in [0.2, 0.25) is 5.02 Å². The van der Waals surface area contributed by atoms with E-state index in [4.69, 9.17) is 22.5 Å². The van der Waals surface area contributed by atoms with Crippen LogP contribution in [-0.2, 0) is 6.54 Å². The minimum Gasteiger partial charge on any atom is -0.409 e. The standard InChI is InChI=1S/C11H10ClFN4O/c12-9-2-1-8(13)5-7(9)6-17-4-3-15-11(17)10(14)16-18/h1-5,18H,6H2,(H2,14,16). The summed E-state index contributed by atoms with van der Waals surface area (Å²) in [6.45, 7) is 0.280. The maximum atomic E-state index is 13.1. The van der Waals surface area contributed by atoms with Gasteiger partial charge in [-0.2, -0.15) is 0 Å². The first kappa shape index (κ1) is 12.4. The van der Waals surface area contributed by atoms with E-state index in [1.807, 2.05) is 0 Å². The van der Waals surface area contributed by atoms with Crippen LogP contribution >= 0.6 is 11.6 Å². The van der Waals surface area contributed by atoms with Crippen molar-refractivity contribution in [2.45, 2.75) is 6.54 Å². The van der Waals surface area contributed by atoms with Crippen LogP contribution in [0.15, 0.2) is 35.7 Å². The van der Waals surface area contributed by atoms with Gasteiger partial charge in [-0.3, -0.25) is 0 Å². The molecule has 0 aliphatic rings. The molecule has 0 bridgehead atoms. The highest BCUT2D eigenvalue weighted by Crippen LogP contribution is 2.18. The number of hydrogen-bond donors (Lipinski definition) is 2. The van der Waals surface area contributed by atoms with E-state index >= 15 is 0 Å². The molecule has 5 nitrogen and oxygen atoms in total. The lowest BCUT2D eigenvalue weighted by Crippen LogP contribution is -2.20. The molecule has 0 fully saturated rings. The fourth-order valence-corrected chi connectivity index (χ4v) is 1.74. The lowest BCUT2D eigenvalue weighted by atomic mass is 10.2. The lowest BCUT2D eigenvalue weighted by molar-refractivity contribution is 0.318. The summed E-state index contributed by atoms with van der Waals surface area (Å²) < 4.78 is 14.7. The second kappa shape index (κ2) is 5.05. The van der Waals surface area contributed by atoms with Gasteiger partial charge in [0.25, 0.3) is 0 Å². The number of nitrogens with two attached hydrogens (primary N) is 1. The van der Waals surface area contributed by atoms with Gasteiger partial charge in [0.2, 0.25) is 5.84 Å². The zero-order valence-corrected chi connectivity index (χ0v) is 9.97. The lowest BCUT2D eigenvalue weighted by Gasteiger charge is -2.08. The zero-order valence-electron chi connectivity index (χ0n) is 9.22. The first-order valence-corrected chi connectivity index (χ1v) is 5.42. The summed E-state index contributed by atoms with van der Waals surface area (Å²) in [5, 5.41) is 11.9. The number of halogens is 2. The third kappa shape index (κ3) is 2.43. The highest BCUT2D eigenvalue weighted by atomic mass is 35.5. The maximum absolute atomic E-state index is 13.1. The van der Waals surface area contributed by atoms with Crippen LogP contribution in [0.1, 0.15) is 11.4 Å². The second-order valence-electron chi connectivity index (χ2n) is 3.60. The van der Waals surface area contributed by atoms with Gasteiger partial charge in [-0.1, -0.05) is 16.8 Å². The summed E-state index contributed by atoms with van der Waals surface area (Å²) in [6, 6.07) is 4.09. The van der Waals surface area contributed by atoms with Crippen molar-refractivity contribution >= 4 is 17.4 Å². The van der Waals surface area contributed by atoms with Crippen LogP contribution in [0.5, 0.6) is 0 Å². The fraction of sp³-hybridized carbons (Fsp3) is 0.0909. The second-order valence-corrected chi connectivity index (χ2v) is 4.01. The minimum absolute atomic E-state index is 0.118. The first-order chi connectivity index (χ1) is 8.61. The van der Waals surface area contributed by atoms with E-state index in [1.165, 1.54) is 24.4 Å². The molecule has 0 saturated heterocycles. The molecule has 0 atom stereocenters. The molecule has 7 heteroatoms. The van der Waals surface area contributed by atoms with Crippen molar-refractivity contribution in [2.24, 2.45) is 10.9 Å². The summed E-state index contributed by atoms with van der Waals surface area (Å²) >= 11 is 5.97. The number of nitrogens with zero attached hydrogens (tertiary/aromatic N) is 3. The van der Waals surface area contributed by atoms with Crippen LogP contribution < -0.4 is 5.73 Å². The number of amidine groups is 1. The maximum Gasteiger partial charge on any atom is 0.206 e. The Morgan fingerprint density at radius 1 is 1.56 bits per heavy atom. The summed E-state index contributed by atoms with van der Waals surface area (Å²) in [5.41, 5.74) is 6.06. The van der Waals surface area contributed by atoms with Crippen molar-refractivity contribution in [3.05, 3.63) is 52.8 Å². The molecular formula is C11H10ClFN4O. The van der Waals surface area contributed by atoms with Gasteiger partial charge in [-0.25, -0.2) is 9.37 Å². The van der Waals surface area contributed by atoms with Crippen molar-refractivity contribution < 1.29 is 9.60 Å². The Hall–Kier alpha value is -2.08. The van der Waals surface area contributed by atoms with Crippen LogP contribution in [0.3, 0.4) is 0 Å². The number of benzene rings is 1. The highest BCUT2D eigenvalue weighted by Gasteiger charge is 2.10. The van der Waals surface area contributed by atoms with E-state index in [-0.39, 0.29) is 24.0 Å². The number of aromatic nitrogens is 2. The Labute approximate surface area is 107 Å². The molecule has 3 N–H and O–H groups in total. The van der Waals surface area contributed by atoms with E-state index in [2.05, 4.69) is 10.1 Å². The van der Waals surface area contributed by atoms with Gasteiger partial charge in [0.1, 0.15) is 5.82 Å². The van der Waals surface area contributed by atoms with Crippen molar-refractivity contribution in [1.82, 2.24) is 9.55 Å². The first-order valence-electron chi connectivity index (χ1n) is 5.05. The van der Waals surface area contributed by atoms with Crippen molar-refractivity contribution in [2.75, 3.05) is 0 Å². The van der Waals surface area contributed by atoms with Crippen LogP contribution in [0.25, 0.3) is 0 Å². The Kier molecular flexibility index (Phi) is 3.47. The molecule has 0 radical (unpaired) electrons. The third-order valence-corrected chi connectivity index (χ3v) is 2.77. The van der Waals surface area contributed by atoms with Crippen molar-refractivity contribution in [3.63, 3.8) is 0 Å². The molecule has 0 saturated carbocycles. The SMILES string of the molecule is N/C(=N/O)c1nccn1Cc1cc(F)ccc1Cl. The van der Waals surface area contributed by atoms with E-state index in [9.17, 15) is 4.39 Å². The molecule has 18 heavy (non-hydrogen) atoms. The highest BCUT2D eigenvalue weighted by molar-refractivity contribution is 6.31. The molecule has 2 rings (SSSR count). The topological polar surface area (TPSA) is 76.4 Å². The molecule has 0 amide bonds. The molecule has 2 aromatic rings. The molecule has 0 unspecified atom stereocenters. The zero-order chi connectivity index (χ0) is 13.1. The summed E-state index contributed by atoms with van der Waals surface area (Å²) in [6.07, 6.45) is 3.13. The smallest absolute Gasteiger partial charge is 0.206 e. The molecule has 0 aliphatic carbocycles. The predicted octanol–water partition coefficient (Wildman–Crippen LogP) is 1.82. The normalized spacial score (nSPS) is 11.8. The van der Waals surface area contributed by atoms with Crippen molar-refractivity contribution in [1.29, 1.82) is 0 Å². The Bertz CT molecular complexity index is 596. The van der Waals surface area contributed by atoms with Gasteiger partial charge in [0.15, 0.2) is 5.82 Å². The fourth-order valence-electron chi connectivity index (χ4n) is 1.56. The molecular weight excluding hydrogens is 259 g/mol. The van der Waals surface area contributed by atoms with Gasteiger partial charge in [-0.15, -0.1) is 0 Å². The number of oxime groups is 1. The van der Waals surface area contributed by atoms with E-state index in [0.29, 0.717) is 10.6 Å². The summed E-state index contributed by atoms with van der Waals surface area (Å²) in [7, 11) is 0. The van der Waals surface area contributed by atoms with Crippen LogP contribution in [-0.4, -0.2) is 20.6 Å². The number of rotatable bonds is 3. The van der Waals surface area contributed by atoms with E-state index in [0.717, 1.165) is 0 Å². The minimum atomic E-state index is -0.375. The Morgan fingerprint density at radius 2 is 2.33 bits per heavy atom. The molecule has 1 heterocycles. The largest absolute Gasteiger partial charge is 0.409 e. The van der Waals surface area contributed by atoms with Gasteiger partial charge >= 0.3 is 0 Å². The quantitative estimate of drug-likeness (QED) is 0.386. The van der Waals surface area contributed by atoms with Gasteiger partial charge < -0.3 is 15.5 Å². The average molecular weight is 269 g/mol. The summed E-state index contributed by atoms with van der Waals surface area (Å²) in [5.74, 6) is -0.204. The molecule has 1 aromatic carbocycles. The van der Waals surface area contributed by atoms with Gasteiger partial charge in [0.05, 0.1) is 6.54 Å². The van der Waals surface area contributed by atoms with Gasteiger partial charge in [0, 0.05) is 17.4 Å². The van der Waals surface area contributed by atoms with Crippen LogP contribution in [0.4, 0.5) is 4.39 Å². The molecule has 0 aliphatic heterocycles. The van der Waals surface area contributed by atoms with Crippen LogP contribution in [0, 0.1) is 5.82 Å².